The van der Waals surface area contributed by atoms with Crippen molar-refractivity contribution in [2.24, 2.45) is 5.73 Å². The second-order valence-electron chi connectivity index (χ2n) is 5.10. The van der Waals surface area contributed by atoms with Crippen molar-refractivity contribution in [3.63, 3.8) is 0 Å². The molecule has 110 valence electrons. The minimum absolute atomic E-state index is 0.0903. The Labute approximate surface area is 120 Å². The molecular weight excluding hydrogens is 254 g/mol. The predicted molar refractivity (Wildman–Crippen MR) is 78.6 cm³/mol. The Kier molecular flexibility index (Phi) is 5.52. The van der Waals surface area contributed by atoms with Gasteiger partial charge in [0.2, 0.25) is 0 Å². The number of nitrogens with zero attached hydrogens (tertiary/aromatic N) is 2. The smallest absolute Gasteiger partial charge is 0.253 e. The Balaban J connectivity index is 1.96. The summed E-state index contributed by atoms with van der Waals surface area (Å²) in [5.74, 6) is 0.0903. The second-order valence-corrected chi connectivity index (χ2v) is 5.10. The first kappa shape index (κ1) is 15.0. The minimum Gasteiger partial charge on any atom is -0.395 e. The molecule has 1 fully saturated rings. The van der Waals surface area contributed by atoms with Crippen molar-refractivity contribution in [2.45, 2.75) is 6.42 Å². The Hall–Kier alpha value is -1.43. The van der Waals surface area contributed by atoms with Crippen LogP contribution in [0, 0.1) is 0 Å². The highest BCUT2D eigenvalue weighted by atomic mass is 16.3. The van der Waals surface area contributed by atoms with E-state index in [0.717, 1.165) is 43.7 Å². The highest BCUT2D eigenvalue weighted by Gasteiger charge is 2.21. The van der Waals surface area contributed by atoms with Crippen LogP contribution < -0.4 is 5.73 Å². The Morgan fingerprint density at radius 1 is 1.25 bits per heavy atom. The molecule has 1 aromatic rings. The molecule has 0 atom stereocenters. The summed E-state index contributed by atoms with van der Waals surface area (Å²) < 4.78 is 0. The molecule has 0 aliphatic carbocycles. The Morgan fingerprint density at radius 2 is 2.00 bits per heavy atom. The molecule has 0 saturated carbocycles. The maximum absolute atomic E-state index is 12.4. The van der Waals surface area contributed by atoms with Crippen molar-refractivity contribution in [1.82, 2.24) is 9.80 Å². The number of aliphatic hydroxyl groups is 1. The Bertz CT molecular complexity index is 442. The van der Waals surface area contributed by atoms with Crippen LogP contribution in [-0.4, -0.2) is 66.7 Å². The van der Waals surface area contributed by atoms with Gasteiger partial charge in [0.05, 0.1) is 6.61 Å². The normalized spacial score (nSPS) is 16.4. The first-order chi connectivity index (χ1) is 9.74. The Morgan fingerprint density at radius 3 is 2.65 bits per heavy atom. The molecular formula is C15H23N3O2. The van der Waals surface area contributed by atoms with Crippen LogP contribution in [0.1, 0.15) is 15.9 Å². The summed E-state index contributed by atoms with van der Waals surface area (Å²) >= 11 is 0. The summed E-state index contributed by atoms with van der Waals surface area (Å²) in [5, 5.41) is 8.92. The van der Waals surface area contributed by atoms with Gasteiger partial charge < -0.3 is 15.7 Å². The first-order valence-electron chi connectivity index (χ1n) is 7.16. The quantitative estimate of drug-likeness (QED) is 0.791. The summed E-state index contributed by atoms with van der Waals surface area (Å²) in [6, 6.07) is 7.72. The zero-order chi connectivity index (χ0) is 14.4. The van der Waals surface area contributed by atoms with Crippen molar-refractivity contribution in [1.29, 1.82) is 0 Å². The molecule has 2 rings (SSSR count). The van der Waals surface area contributed by atoms with Crippen LogP contribution in [0.5, 0.6) is 0 Å². The van der Waals surface area contributed by atoms with Crippen molar-refractivity contribution in [2.75, 3.05) is 45.9 Å². The minimum atomic E-state index is 0.0903. The summed E-state index contributed by atoms with van der Waals surface area (Å²) in [5.41, 5.74) is 7.40. The van der Waals surface area contributed by atoms with Gasteiger partial charge in [-0.15, -0.1) is 0 Å². The van der Waals surface area contributed by atoms with Gasteiger partial charge in [0, 0.05) is 38.3 Å². The van der Waals surface area contributed by atoms with Gasteiger partial charge in [-0.05, 0) is 30.7 Å². The molecule has 1 aliphatic heterocycles. The number of rotatable bonds is 5. The summed E-state index contributed by atoms with van der Waals surface area (Å²) in [6.07, 6.45) is 0.797. The van der Waals surface area contributed by atoms with Gasteiger partial charge in [-0.3, -0.25) is 9.69 Å². The third-order valence-corrected chi connectivity index (χ3v) is 3.68. The lowest BCUT2D eigenvalue weighted by atomic mass is 10.1. The van der Waals surface area contributed by atoms with Crippen LogP contribution in [0.25, 0.3) is 0 Å². The fourth-order valence-electron chi connectivity index (χ4n) is 2.53. The van der Waals surface area contributed by atoms with Crippen LogP contribution in [0.15, 0.2) is 24.3 Å². The zero-order valence-corrected chi connectivity index (χ0v) is 11.8. The van der Waals surface area contributed by atoms with Gasteiger partial charge in [0.1, 0.15) is 0 Å². The monoisotopic (exact) mass is 277 g/mol. The zero-order valence-electron chi connectivity index (χ0n) is 11.8. The van der Waals surface area contributed by atoms with Crippen molar-refractivity contribution in [3.8, 4) is 0 Å². The second kappa shape index (κ2) is 7.38. The maximum atomic E-state index is 12.4. The molecule has 1 aliphatic rings. The molecule has 0 aromatic heterocycles. The van der Waals surface area contributed by atoms with Gasteiger partial charge in [-0.2, -0.15) is 0 Å². The summed E-state index contributed by atoms with van der Waals surface area (Å²) in [7, 11) is 0. The van der Waals surface area contributed by atoms with E-state index in [1.54, 1.807) is 0 Å². The van der Waals surface area contributed by atoms with Crippen molar-refractivity contribution >= 4 is 5.91 Å². The molecule has 1 heterocycles. The van der Waals surface area contributed by atoms with Gasteiger partial charge in [-0.1, -0.05) is 12.1 Å². The number of carbonyl (C=O) groups is 1. The van der Waals surface area contributed by atoms with E-state index in [9.17, 15) is 4.79 Å². The highest BCUT2D eigenvalue weighted by molar-refractivity contribution is 5.94. The molecule has 5 nitrogen and oxygen atoms in total. The fourth-order valence-corrected chi connectivity index (χ4v) is 2.53. The van der Waals surface area contributed by atoms with E-state index in [4.69, 9.17) is 10.8 Å². The van der Waals surface area contributed by atoms with Crippen LogP contribution >= 0.6 is 0 Å². The van der Waals surface area contributed by atoms with Crippen molar-refractivity contribution < 1.29 is 9.90 Å². The SMILES string of the molecule is NCCc1cccc(C(=O)N2CCN(CCO)CC2)c1. The van der Waals surface area contributed by atoms with E-state index in [1.807, 2.05) is 29.2 Å². The summed E-state index contributed by atoms with van der Waals surface area (Å²) in [6.45, 7) is 4.56. The molecule has 20 heavy (non-hydrogen) atoms. The standard InChI is InChI=1S/C15H23N3O2/c16-5-4-13-2-1-3-14(12-13)15(20)18-8-6-17(7-9-18)10-11-19/h1-3,12,19H,4-11,16H2. The van der Waals surface area contributed by atoms with Gasteiger partial charge >= 0.3 is 0 Å². The number of nitrogens with two attached hydrogens (primary N) is 1. The fraction of sp³-hybridized carbons (Fsp3) is 0.533. The number of carbonyl (C=O) groups excluding carboxylic acids is 1. The van der Waals surface area contributed by atoms with Crippen LogP contribution in [0.2, 0.25) is 0 Å². The van der Waals surface area contributed by atoms with Crippen LogP contribution in [-0.2, 0) is 6.42 Å². The van der Waals surface area contributed by atoms with Crippen molar-refractivity contribution in [3.05, 3.63) is 35.4 Å². The maximum Gasteiger partial charge on any atom is 0.253 e. The molecule has 3 N–H and O–H groups in total. The van der Waals surface area contributed by atoms with Gasteiger partial charge in [-0.25, -0.2) is 0 Å². The van der Waals surface area contributed by atoms with Gasteiger partial charge in [0.15, 0.2) is 0 Å². The van der Waals surface area contributed by atoms with E-state index in [2.05, 4.69) is 4.90 Å². The molecule has 0 unspecified atom stereocenters. The van der Waals surface area contributed by atoms with Gasteiger partial charge in [0.25, 0.3) is 5.91 Å². The lowest BCUT2D eigenvalue weighted by molar-refractivity contribution is 0.0615. The predicted octanol–water partition coefficient (Wildman–Crippen LogP) is -0.0621. The first-order valence-corrected chi connectivity index (χ1v) is 7.16. The van der Waals surface area contributed by atoms with Crippen LogP contribution in [0.3, 0.4) is 0 Å². The van der Waals surface area contributed by atoms with E-state index < -0.39 is 0 Å². The number of hydrogen-bond acceptors (Lipinski definition) is 4. The third kappa shape index (κ3) is 3.79. The molecule has 5 heteroatoms. The number of benzene rings is 1. The largest absolute Gasteiger partial charge is 0.395 e. The lowest BCUT2D eigenvalue weighted by Gasteiger charge is -2.34. The molecule has 1 aromatic carbocycles. The third-order valence-electron chi connectivity index (χ3n) is 3.68. The van der Waals surface area contributed by atoms with E-state index in [0.29, 0.717) is 13.1 Å². The number of piperazine rings is 1. The summed E-state index contributed by atoms with van der Waals surface area (Å²) in [4.78, 5) is 16.5. The lowest BCUT2D eigenvalue weighted by Crippen LogP contribution is -2.49. The number of hydrogen-bond donors (Lipinski definition) is 2. The van der Waals surface area contributed by atoms with E-state index in [1.165, 1.54) is 0 Å². The average Bonchev–Trinajstić information content (AvgIpc) is 2.48. The van der Waals surface area contributed by atoms with E-state index in [-0.39, 0.29) is 12.5 Å². The van der Waals surface area contributed by atoms with E-state index >= 15 is 0 Å². The number of β-amino-alcohol motifs (C(OH)–C–C–N with tert-alkyl or cyclic N) is 1. The number of aliphatic hydroxyl groups excluding tert-OH is 1. The molecule has 0 spiro atoms. The van der Waals surface area contributed by atoms with Crippen LogP contribution in [0.4, 0.5) is 0 Å². The topological polar surface area (TPSA) is 69.8 Å². The molecule has 0 bridgehead atoms. The number of amides is 1. The highest BCUT2D eigenvalue weighted by Crippen LogP contribution is 2.11. The molecule has 1 saturated heterocycles. The average molecular weight is 277 g/mol. The molecule has 1 amide bonds. The molecule has 0 radical (unpaired) electrons.